The second kappa shape index (κ2) is 7.83. The van der Waals surface area contributed by atoms with E-state index in [1.54, 1.807) is 0 Å². The Morgan fingerprint density at radius 1 is 1.00 bits per heavy atom. The minimum Gasteiger partial charge on any atom is -0.204 e. The fourth-order valence-electron chi connectivity index (χ4n) is 1.68. The molecule has 0 nitrogen and oxygen atoms in total. The molecule has 1 aromatic rings. The third-order valence-corrected chi connectivity index (χ3v) is 5.22. The maximum atomic E-state index is 13.6. The van der Waals surface area contributed by atoms with Crippen LogP contribution in [-0.4, -0.2) is 0 Å². The molecule has 0 aromatic carbocycles. The van der Waals surface area contributed by atoms with Gasteiger partial charge >= 0.3 is 0 Å². The number of hydrogen-bond acceptors (Lipinski definition) is 1. The zero-order chi connectivity index (χ0) is 12.0. The molecule has 4 heteroatoms. The van der Waals surface area contributed by atoms with Gasteiger partial charge in [-0.25, -0.2) is 4.39 Å². The van der Waals surface area contributed by atoms with Crippen LogP contribution in [0.5, 0.6) is 0 Å². The Labute approximate surface area is 118 Å². The van der Waals surface area contributed by atoms with Crippen molar-refractivity contribution >= 4 is 43.2 Å². The highest BCUT2D eigenvalue weighted by Crippen LogP contribution is 2.36. The van der Waals surface area contributed by atoms with Crippen LogP contribution in [0.3, 0.4) is 0 Å². The molecular formula is C12H17Br2FS. The van der Waals surface area contributed by atoms with E-state index in [4.69, 9.17) is 0 Å². The second-order valence-electron chi connectivity index (χ2n) is 3.96. The van der Waals surface area contributed by atoms with Gasteiger partial charge in [0.25, 0.3) is 0 Å². The minimum atomic E-state index is -0.0783. The van der Waals surface area contributed by atoms with E-state index in [0.717, 1.165) is 22.2 Å². The summed E-state index contributed by atoms with van der Waals surface area (Å²) in [5, 5.41) is 0. The first-order valence-corrected chi connectivity index (χ1v) is 8.19. The van der Waals surface area contributed by atoms with Crippen molar-refractivity contribution in [1.29, 1.82) is 0 Å². The molecule has 0 aliphatic rings. The molecule has 0 aliphatic carbocycles. The summed E-state index contributed by atoms with van der Waals surface area (Å²) in [6.07, 6.45) is 8.33. The smallest absolute Gasteiger partial charge is 0.152 e. The summed E-state index contributed by atoms with van der Waals surface area (Å²) in [6.45, 7) is 2.22. The highest BCUT2D eigenvalue weighted by molar-refractivity contribution is 9.12. The lowest BCUT2D eigenvalue weighted by molar-refractivity contribution is 0.581. The molecule has 0 aliphatic heterocycles. The number of unbranched alkanes of at least 4 members (excludes halogenated alkanes) is 5. The molecule has 0 spiro atoms. The topological polar surface area (TPSA) is 0 Å². The van der Waals surface area contributed by atoms with Gasteiger partial charge in [-0.1, -0.05) is 39.0 Å². The van der Waals surface area contributed by atoms with Gasteiger partial charge in [-0.15, -0.1) is 11.3 Å². The zero-order valence-corrected chi connectivity index (χ0v) is 13.5. The van der Waals surface area contributed by atoms with E-state index in [0.29, 0.717) is 3.79 Å². The third kappa shape index (κ3) is 4.46. The van der Waals surface area contributed by atoms with Crippen molar-refractivity contribution in [2.45, 2.75) is 51.9 Å². The van der Waals surface area contributed by atoms with E-state index in [9.17, 15) is 4.39 Å². The Balaban J connectivity index is 2.26. The van der Waals surface area contributed by atoms with Crippen molar-refractivity contribution in [3.63, 3.8) is 0 Å². The molecule has 0 atom stereocenters. The molecule has 1 heterocycles. The van der Waals surface area contributed by atoms with E-state index in [1.807, 2.05) is 0 Å². The third-order valence-electron chi connectivity index (χ3n) is 2.63. The van der Waals surface area contributed by atoms with Gasteiger partial charge in [0, 0.05) is 5.56 Å². The van der Waals surface area contributed by atoms with Crippen LogP contribution in [0.15, 0.2) is 7.57 Å². The second-order valence-corrected chi connectivity index (χ2v) is 7.62. The normalized spacial score (nSPS) is 11.0. The summed E-state index contributed by atoms with van der Waals surface area (Å²) in [5.74, 6) is -0.0783. The Kier molecular flexibility index (Phi) is 7.17. The summed E-state index contributed by atoms with van der Waals surface area (Å²) < 4.78 is 15.1. The molecule has 0 unspecified atom stereocenters. The molecule has 0 N–H and O–H groups in total. The van der Waals surface area contributed by atoms with Crippen molar-refractivity contribution in [3.8, 4) is 0 Å². The SMILES string of the molecule is CCCCCCCCc1c(Br)sc(Br)c1F. The fraction of sp³-hybridized carbons (Fsp3) is 0.667. The van der Waals surface area contributed by atoms with Crippen LogP contribution in [0.2, 0.25) is 0 Å². The number of rotatable bonds is 7. The number of halogens is 3. The quantitative estimate of drug-likeness (QED) is 0.492. The lowest BCUT2D eigenvalue weighted by atomic mass is 10.1. The predicted molar refractivity (Wildman–Crippen MR) is 76.8 cm³/mol. The summed E-state index contributed by atoms with van der Waals surface area (Å²) in [4.78, 5) is 0. The first kappa shape index (κ1) is 14.7. The standard InChI is InChI=1S/C12H17Br2FS/c1-2-3-4-5-6-7-8-9-10(15)12(14)16-11(9)13/h2-8H2,1H3. The van der Waals surface area contributed by atoms with Crippen LogP contribution in [0.4, 0.5) is 4.39 Å². The molecule has 0 fully saturated rings. The van der Waals surface area contributed by atoms with Crippen LogP contribution >= 0.6 is 43.2 Å². The van der Waals surface area contributed by atoms with Crippen LogP contribution in [0.25, 0.3) is 0 Å². The molecule has 0 saturated carbocycles. The Morgan fingerprint density at radius 2 is 1.62 bits per heavy atom. The van der Waals surface area contributed by atoms with E-state index < -0.39 is 0 Å². The van der Waals surface area contributed by atoms with E-state index >= 15 is 0 Å². The average Bonchev–Trinajstić information content (AvgIpc) is 2.49. The maximum Gasteiger partial charge on any atom is 0.152 e. The highest BCUT2D eigenvalue weighted by atomic mass is 79.9. The van der Waals surface area contributed by atoms with Crippen molar-refractivity contribution in [2.75, 3.05) is 0 Å². The van der Waals surface area contributed by atoms with Gasteiger partial charge in [-0.2, -0.15) is 0 Å². The molecule has 16 heavy (non-hydrogen) atoms. The van der Waals surface area contributed by atoms with Crippen LogP contribution in [0.1, 0.15) is 51.0 Å². The van der Waals surface area contributed by atoms with Crippen LogP contribution < -0.4 is 0 Å². The Hall–Kier alpha value is 0.590. The van der Waals surface area contributed by atoms with Crippen molar-refractivity contribution in [2.24, 2.45) is 0 Å². The maximum absolute atomic E-state index is 13.6. The van der Waals surface area contributed by atoms with Gasteiger partial charge < -0.3 is 0 Å². The molecule has 0 saturated heterocycles. The van der Waals surface area contributed by atoms with E-state index in [-0.39, 0.29) is 5.82 Å². The lowest BCUT2D eigenvalue weighted by Gasteiger charge is -2.01. The van der Waals surface area contributed by atoms with Gasteiger partial charge in [0.05, 0.1) is 3.79 Å². The van der Waals surface area contributed by atoms with Crippen molar-refractivity contribution in [3.05, 3.63) is 19.0 Å². The van der Waals surface area contributed by atoms with Gasteiger partial charge in [0.1, 0.15) is 3.79 Å². The van der Waals surface area contributed by atoms with E-state index in [2.05, 4.69) is 38.8 Å². The number of hydrogen-bond donors (Lipinski definition) is 0. The fourth-order valence-corrected chi connectivity index (χ4v) is 4.60. The molecule has 92 valence electrons. The lowest BCUT2D eigenvalue weighted by Crippen LogP contribution is -1.88. The average molecular weight is 372 g/mol. The summed E-state index contributed by atoms with van der Waals surface area (Å²) in [5.41, 5.74) is 0.840. The van der Waals surface area contributed by atoms with Gasteiger partial charge in [0.2, 0.25) is 0 Å². The summed E-state index contributed by atoms with van der Waals surface area (Å²) >= 11 is 8.06. The summed E-state index contributed by atoms with van der Waals surface area (Å²) in [7, 11) is 0. The molecular weight excluding hydrogens is 355 g/mol. The Bertz CT molecular complexity index is 323. The Morgan fingerprint density at radius 3 is 2.19 bits per heavy atom. The first-order chi connectivity index (χ1) is 7.66. The van der Waals surface area contributed by atoms with Gasteiger partial charge in [-0.3, -0.25) is 0 Å². The predicted octanol–water partition coefficient (Wildman–Crippen LogP) is 6.32. The molecule has 0 radical (unpaired) electrons. The number of thiophene rings is 1. The van der Waals surface area contributed by atoms with E-state index in [1.165, 1.54) is 43.4 Å². The van der Waals surface area contributed by atoms with Crippen LogP contribution in [0, 0.1) is 5.82 Å². The molecule has 1 aromatic heterocycles. The molecule has 1 rings (SSSR count). The first-order valence-electron chi connectivity index (χ1n) is 5.79. The molecule has 0 bridgehead atoms. The van der Waals surface area contributed by atoms with Gasteiger partial charge in [-0.05, 0) is 44.7 Å². The van der Waals surface area contributed by atoms with Crippen molar-refractivity contribution in [1.82, 2.24) is 0 Å². The monoisotopic (exact) mass is 370 g/mol. The van der Waals surface area contributed by atoms with Crippen LogP contribution in [-0.2, 0) is 6.42 Å². The highest BCUT2D eigenvalue weighted by Gasteiger charge is 2.14. The largest absolute Gasteiger partial charge is 0.204 e. The minimum absolute atomic E-state index is 0.0783. The zero-order valence-electron chi connectivity index (χ0n) is 9.49. The van der Waals surface area contributed by atoms with Gasteiger partial charge in [0.15, 0.2) is 5.82 Å². The molecule has 0 amide bonds. The summed E-state index contributed by atoms with van der Waals surface area (Å²) in [6, 6.07) is 0. The van der Waals surface area contributed by atoms with Crippen molar-refractivity contribution < 1.29 is 4.39 Å².